The second-order valence-electron chi connectivity index (χ2n) is 3.90. The fourth-order valence-electron chi connectivity index (χ4n) is 1.43. The van der Waals surface area contributed by atoms with Crippen LogP contribution in [-0.4, -0.2) is 19.6 Å². The summed E-state index contributed by atoms with van der Waals surface area (Å²) in [6.07, 6.45) is 4.56. The minimum Gasteiger partial charge on any atom is -0.468 e. The molecule has 2 N–H and O–H groups in total. The highest BCUT2D eigenvalue weighted by atomic mass is 16.3. The summed E-state index contributed by atoms with van der Waals surface area (Å²) in [5.41, 5.74) is 0. The van der Waals surface area contributed by atoms with Gasteiger partial charge < -0.3 is 15.1 Å². The van der Waals surface area contributed by atoms with E-state index < -0.39 is 0 Å². The minimum atomic E-state index is 0.831. The first-order valence-corrected chi connectivity index (χ1v) is 5.39. The second kappa shape index (κ2) is 5.17. The van der Waals surface area contributed by atoms with Crippen LogP contribution in [0.4, 0.5) is 0 Å². The van der Waals surface area contributed by atoms with E-state index in [4.69, 9.17) is 4.42 Å². The largest absolute Gasteiger partial charge is 0.468 e. The molecule has 0 spiro atoms. The Hall–Kier alpha value is -0.800. The monoisotopic (exact) mass is 194 g/mol. The molecule has 0 radical (unpaired) electrons. The van der Waals surface area contributed by atoms with Crippen LogP contribution in [0.2, 0.25) is 0 Å². The van der Waals surface area contributed by atoms with Crippen LogP contribution in [0.25, 0.3) is 0 Å². The van der Waals surface area contributed by atoms with Gasteiger partial charge in [-0.2, -0.15) is 0 Å². The summed E-state index contributed by atoms with van der Waals surface area (Å²) in [5, 5.41) is 6.76. The van der Waals surface area contributed by atoms with Crippen LogP contribution in [-0.2, 0) is 6.54 Å². The summed E-state index contributed by atoms with van der Waals surface area (Å²) in [4.78, 5) is 0. The maximum atomic E-state index is 5.21. The van der Waals surface area contributed by atoms with E-state index in [0.717, 1.165) is 31.3 Å². The molecule has 14 heavy (non-hydrogen) atoms. The second-order valence-corrected chi connectivity index (χ2v) is 3.90. The van der Waals surface area contributed by atoms with Crippen molar-refractivity contribution in [2.45, 2.75) is 19.4 Å². The average Bonchev–Trinajstić information content (AvgIpc) is 2.87. The third kappa shape index (κ3) is 3.52. The van der Waals surface area contributed by atoms with Crippen molar-refractivity contribution in [3.8, 4) is 0 Å². The number of rotatable bonds is 7. The molecule has 0 aliphatic heterocycles. The van der Waals surface area contributed by atoms with Gasteiger partial charge in [0.05, 0.1) is 12.8 Å². The molecule has 0 amide bonds. The first kappa shape index (κ1) is 9.74. The number of hydrogen-bond acceptors (Lipinski definition) is 3. The highest BCUT2D eigenvalue weighted by Gasteiger charge is 2.19. The fourth-order valence-corrected chi connectivity index (χ4v) is 1.43. The van der Waals surface area contributed by atoms with Gasteiger partial charge in [0.15, 0.2) is 0 Å². The Morgan fingerprint density at radius 3 is 2.86 bits per heavy atom. The molecule has 78 valence electrons. The lowest BCUT2D eigenvalue weighted by Crippen LogP contribution is -2.28. The summed E-state index contributed by atoms with van der Waals surface area (Å²) >= 11 is 0. The molecule has 0 saturated heterocycles. The van der Waals surface area contributed by atoms with Gasteiger partial charge in [0.25, 0.3) is 0 Å². The molecule has 0 aromatic carbocycles. The van der Waals surface area contributed by atoms with E-state index in [1.54, 1.807) is 6.26 Å². The molecule has 1 fully saturated rings. The zero-order valence-corrected chi connectivity index (χ0v) is 8.46. The summed E-state index contributed by atoms with van der Waals surface area (Å²) in [7, 11) is 0. The van der Waals surface area contributed by atoms with Crippen LogP contribution >= 0.6 is 0 Å². The summed E-state index contributed by atoms with van der Waals surface area (Å²) in [5.74, 6) is 1.98. The molecule has 3 heteroatoms. The van der Waals surface area contributed by atoms with Crippen LogP contribution in [0.15, 0.2) is 22.8 Å². The van der Waals surface area contributed by atoms with Crippen LogP contribution in [0.5, 0.6) is 0 Å². The van der Waals surface area contributed by atoms with E-state index in [-0.39, 0.29) is 0 Å². The Balaban J connectivity index is 1.43. The summed E-state index contributed by atoms with van der Waals surface area (Å²) in [6, 6.07) is 3.91. The lowest BCUT2D eigenvalue weighted by Gasteiger charge is -2.04. The summed E-state index contributed by atoms with van der Waals surface area (Å²) in [6.45, 7) is 4.09. The van der Waals surface area contributed by atoms with E-state index >= 15 is 0 Å². The molecule has 1 saturated carbocycles. The number of nitrogens with one attached hydrogen (secondary N) is 2. The van der Waals surface area contributed by atoms with E-state index in [0.29, 0.717) is 0 Å². The Kier molecular flexibility index (Phi) is 3.60. The first-order chi connectivity index (χ1) is 6.95. The number of furan rings is 1. The van der Waals surface area contributed by atoms with Crippen molar-refractivity contribution < 1.29 is 4.42 Å². The number of hydrogen-bond donors (Lipinski definition) is 2. The Morgan fingerprint density at radius 2 is 2.14 bits per heavy atom. The molecule has 1 aliphatic rings. The van der Waals surface area contributed by atoms with Crippen molar-refractivity contribution in [1.29, 1.82) is 0 Å². The smallest absolute Gasteiger partial charge is 0.117 e. The maximum absolute atomic E-state index is 5.21. The van der Waals surface area contributed by atoms with Crippen molar-refractivity contribution in [2.75, 3.05) is 19.6 Å². The molecule has 1 aromatic heterocycles. The molecule has 0 bridgehead atoms. The highest BCUT2D eigenvalue weighted by molar-refractivity contribution is 4.97. The van der Waals surface area contributed by atoms with Crippen LogP contribution < -0.4 is 10.6 Å². The molecular weight excluding hydrogens is 176 g/mol. The molecule has 0 unspecified atom stereocenters. The van der Waals surface area contributed by atoms with Gasteiger partial charge in [-0.15, -0.1) is 0 Å². The van der Waals surface area contributed by atoms with Gasteiger partial charge in [0, 0.05) is 13.1 Å². The predicted molar refractivity (Wildman–Crippen MR) is 56.0 cm³/mol. The van der Waals surface area contributed by atoms with Crippen LogP contribution in [0.3, 0.4) is 0 Å². The van der Waals surface area contributed by atoms with Crippen LogP contribution in [0, 0.1) is 5.92 Å². The van der Waals surface area contributed by atoms with Crippen molar-refractivity contribution in [2.24, 2.45) is 5.92 Å². The van der Waals surface area contributed by atoms with Gasteiger partial charge in [-0.25, -0.2) is 0 Å². The molecule has 1 heterocycles. The topological polar surface area (TPSA) is 37.2 Å². The fraction of sp³-hybridized carbons (Fsp3) is 0.636. The minimum absolute atomic E-state index is 0.831. The predicted octanol–water partition coefficient (Wildman–Crippen LogP) is 1.37. The van der Waals surface area contributed by atoms with Gasteiger partial charge >= 0.3 is 0 Å². The Bertz CT molecular complexity index is 242. The van der Waals surface area contributed by atoms with Crippen molar-refractivity contribution >= 4 is 0 Å². The molecular formula is C11H18N2O. The molecule has 1 aliphatic carbocycles. The quantitative estimate of drug-likeness (QED) is 0.644. The lowest BCUT2D eigenvalue weighted by atomic mass is 10.4. The van der Waals surface area contributed by atoms with E-state index in [9.17, 15) is 0 Å². The third-order valence-corrected chi connectivity index (χ3v) is 2.49. The van der Waals surface area contributed by atoms with Crippen LogP contribution in [0.1, 0.15) is 18.6 Å². The van der Waals surface area contributed by atoms with Gasteiger partial charge in [-0.1, -0.05) is 0 Å². The SMILES string of the molecule is c1coc(CNCCNCC2CC2)c1. The van der Waals surface area contributed by atoms with Gasteiger partial charge in [0.2, 0.25) is 0 Å². The molecule has 2 rings (SSSR count). The molecule has 0 atom stereocenters. The van der Waals surface area contributed by atoms with Gasteiger partial charge in [-0.05, 0) is 37.4 Å². The van der Waals surface area contributed by atoms with Crippen molar-refractivity contribution in [3.05, 3.63) is 24.2 Å². The first-order valence-electron chi connectivity index (χ1n) is 5.39. The molecule has 1 aromatic rings. The van der Waals surface area contributed by atoms with E-state index in [2.05, 4.69) is 10.6 Å². The zero-order valence-electron chi connectivity index (χ0n) is 8.46. The standard InChI is InChI=1S/C11H18N2O/c1-2-11(14-7-1)9-13-6-5-12-8-10-3-4-10/h1-2,7,10,12-13H,3-6,8-9H2. The van der Waals surface area contributed by atoms with Gasteiger partial charge in [-0.3, -0.25) is 0 Å². The van der Waals surface area contributed by atoms with Gasteiger partial charge in [0.1, 0.15) is 5.76 Å². The highest BCUT2D eigenvalue weighted by Crippen LogP contribution is 2.27. The summed E-state index contributed by atoms with van der Waals surface area (Å²) < 4.78 is 5.21. The lowest BCUT2D eigenvalue weighted by molar-refractivity contribution is 0.479. The maximum Gasteiger partial charge on any atom is 0.117 e. The van der Waals surface area contributed by atoms with Crippen molar-refractivity contribution in [3.63, 3.8) is 0 Å². The average molecular weight is 194 g/mol. The van der Waals surface area contributed by atoms with E-state index in [1.165, 1.54) is 19.4 Å². The Morgan fingerprint density at radius 1 is 1.29 bits per heavy atom. The third-order valence-electron chi connectivity index (χ3n) is 2.49. The molecule has 3 nitrogen and oxygen atoms in total. The van der Waals surface area contributed by atoms with Crippen molar-refractivity contribution in [1.82, 2.24) is 10.6 Å². The zero-order chi connectivity index (χ0) is 9.64. The normalized spacial score (nSPS) is 16.0. The Labute approximate surface area is 84.9 Å². The van der Waals surface area contributed by atoms with E-state index in [1.807, 2.05) is 12.1 Å².